The van der Waals surface area contributed by atoms with Gasteiger partial charge in [-0.1, -0.05) is 6.92 Å². The largest absolute Gasteiger partial charge is 0.393 e. The van der Waals surface area contributed by atoms with Crippen LogP contribution < -0.4 is 4.72 Å². The first kappa shape index (κ1) is 13.9. The quantitative estimate of drug-likeness (QED) is 0.726. The second kappa shape index (κ2) is 5.09. The molecule has 0 rings (SSSR count). The van der Waals surface area contributed by atoms with Gasteiger partial charge in [-0.15, -0.1) is 0 Å². The van der Waals surface area contributed by atoms with E-state index in [2.05, 4.69) is 4.72 Å². The summed E-state index contributed by atoms with van der Waals surface area (Å²) in [6.07, 6.45) is 0.360. The summed E-state index contributed by atoms with van der Waals surface area (Å²) >= 11 is 0. The normalized spacial score (nSPS) is 15.5. The van der Waals surface area contributed by atoms with E-state index in [0.717, 1.165) is 0 Å². The van der Waals surface area contributed by atoms with Gasteiger partial charge >= 0.3 is 0 Å². The lowest BCUT2D eigenvalue weighted by Crippen LogP contribution is -2.42. The van der Waals surface area contributed by atoms with Crippen molar-refractivity contribution in [2.75, 3.05) is 5.75 Å². The highest BCUT2D eigenvalue weighted by atomic mass is 32.2. The highest BCUT2D eigenvalue weighted by Gasteiger charge is 2.20. The maximum Gasteiger partial charge on any atom is 0.212 e. The van der Waals surface area contributed by atoms with Crippen LogP contribution in [0.5, 0.6) is 0 Å². The van der Waals surface area contributed by atoms with Crippen molar-refractivity contribution >= 4 is 10.0 Å². The van der Waals surface area contributed by atoms with E-state index in [0.29, 0.717) is 12.8 Å². The molecule has 0 heterocycles. The van der Waals surface area contributed by atoms with E-state index in [-0.39, 0.29) is 5.75 Å². The molecule has 0 spiro atoms. The Kier molecular flexibility index (Phi) is 5.05. The molecule has 2 N–H and O–H groups in total. The Bertz CT molecular complexity index is 254. The van der Waals surface area contributed by atoms with Crippen LogP contribution in [0.4, 0.5) is 0 Å². The van der Waals surface area contributed by atoms with Crippen LogP contribution in [0.2, 0.25) is 0 Å². The molecule has 0 amide bonds. The van der Waals surface area contributed by atoms with Gasteiger partial charge in [0.05, 0.1) is 11.9 Å². The van der Waals surface area contributed by atoms with Crippen molar-refractivity contribution in [3.8, 4) is 0 Å². The zero-order chi connectivity index (χ0) is 11.4. The smallest absolute Gasteiger partial charge is 0.212 e. The number of rotatable bonds is 5. The van der Waals surface area contributed by atoms with Crippen molar-refractivity contribution in [1.29, 1.82) is 0 Å². The number of sulfonamides is 1. The molecule has 0 radical (unpaired) electrons. The van der Waals surface area contributed by atoms with Gasteiger partial charge in [0, 0.05) is 5.54 Å². The molecule has 0 saturated carbocycles. The van der Waals surface area contributed by atoms with Crippen LogP contribution in [-0.4, -0.2) is 30.9 Å². The van der Waals surface area contributed by atoms with Crippen molar-refractivity contribution in [1.82, 2.24) is 4.72 Å². The van der Waals surface area contributed by atoms with Gasteiger partial charge in [0.15, 0.2) is 0 Å². The monoisotopic (exact) mass is 223 g/mol. The Morgan fingerprint density at radius 1 is 1.36 bits per heavy atom. The van der Waals surface area contributed by atoms with Crippen LogP contribution in [0.3, 0.4) is 0 Å². The SMILES string of the molecule is CCC(O)CCS(=O)(=O)NC(C)(C)C. The number of hydrogen-bond donors (Lipinski definition) is 2. The maximum absolute atomic E-state index is 11.4. The highest BCUT2D eigenvalue weighted by molar-refractivity contribution is 7.89. The van der Waals surface area contributed by atoms with Crippen molar-refractivity contribution < 1.29 is 13.5 Å². The molecule has 5 heteroatoms. The van der Waals surface area contributed by atoms with Gasteiger partial charge in [0.25, 0.3) is 0 Å². The van der Waals surface area contributed by atoms with Crippen molar-refractivity contribution in [3.05, 3.63) is 0 Å². The first-order valence-electron chi connectivity index (χ1n) is 4.86. The summed E-state index contributed by atoms with van der Waals surface area (Å²) < 4.78 is 25.4. The predicted molar refractivity (Wildman–Crippen MR) is 57.6 cm³/mol. The number of nitrogens with one attached hydrogen (secondary N) is 1. The summed E-state index contributed by atoms with van der Waals surface area (Å²) in [7, 11) is -3.25. The fourth-order valence-corrected chi connectivity index (χ4v) is 2.63. The predicted octanol–water partition coefficient (Wildman–Crippen LogP) is 0.865. The average molecular weight is 223 g/mol. The Balaban J connectivity index is 4.10. The highest BCUT2D eigenvalue weighted by Crippen LogP contribution is 2.05. The number of hydrogen-bond acceptors (Lipinski definition) is 3. The van der Waals surface area contributed by atoms with E-state index in [4.69, 9.17) is 0 Å². The fraction of sp³-hybridized carbons (Fsp3) is 1.00. The van der Waals surface area contributed by atoms with Gasteiger partial charge in [-0.2, -0.15) is 0 Å². The topological polar surface area (TPSA) is 66.4 Å². The van der Waals surface area contributed by atoms with E-state index in [1.165, 1.54) is 0 Å². The van der Waals surface area contributed by atoms with Crippen LogP contribution in [0, 0.1) is 0 Å². The van der Waals surface area contributed by atoms with Gasteiger partial charge in [0.2, 0.25) is 10.0 Å². The zero-order valence-corrected chi connectivity index (χ0v) is 10.2. The molecular weight excluding hydrogens is 202 g/mol. The molecule has 0 aliphatic rings. The van der Waals surface area contributed by atoms with Crippen LogP contribution >= 0.6 is 0 Å². The Hall–Kier alpha value is -0.130. The Morgan fingerprint density at radius 2 is 1.86 bits per heavy atom. The minimum atomic E-state index is -3.25. The first-order valence-corrected chi connectivity index (χ1v) is 6.51. The fourth-order valence-electron chi connectivity index (χ4n) is 1.01. The summed E-state index contributed by atoms with van der Waals surface area (Å²) in [5.74, 6) is -0.0146. The summed E-state index contributed by atoms with van der Waals surface area (Å²) in [5.41, 5.74) is -0.448. The Morgan fingerprint density at radius 3 is 2.21 bits per heavy atom. The first-order chi connectivity index (χ1) is 6.16. The summed E-state index contributed by atoms with van der Waals surface area (Å²) in [5, 5.41) is 9.23. The lowest BCUT2D eigenvalue weighted by atomic mass is 10.1. The van der Waals surface area contributed by atoms with Crippen molar-refractivity contribution in [3.63, 3.8) is 0 Å². The van der Waals surface area contributed by atoms with Gasteiger partial charge in [-0.25, -0.2) is 13.1 Å². The molecule has 4 nitrogen and oxygen atoms in total. The van der Waals surface area contributed by atoms with E-state index in [1.807, 2.05) is 6.92 Å². The van der Waals surface area contributed by atoms with Gasteiger partial charge in [-0.05, 0) is 33.6 Å². The van der Waals surface area contributed by atoms with Crippen LogP contribution in [-0.2, 0) is 10.0 Å². The van der Waals surface area contributed by atoms with E-state index < -0.39 is 21.7 Å². The molecule has 0 bridgehead atoms. The molecule has 1 unspecified atom stereocenters. The van der Waals surface area contributed by atoms with Gasteiger partial charge < -0.3 is 5.11 Å². The summed E-state index contributed by atoms with van der Waals surface area (Å²) in [6.45, 7) is 7.21. The lowest BCUT2D eigenvalue weighted by molar-refractivity contribution is 0.166. The lowest BCUT2D eigenvalue weighted by Gasteiger charge is -2.20. The summed E-state index contributed by atoms with van der Waals surface area (Å²) in [4.78, 5) is 0. The molecule has 1 atom stereocenters. The molecule has 0 aromatic carbocycles. The van der Waals surface area contributed by atoms with Crippen molar-refractivity contribution in [2.24, 2.45) is 0 Å². The summed E-state index contributed by atoms with van der Waals surface area (Å²) in [6, 6.07) is 0. The van der Waals surface area contributed by atoms with E-state index in [9.17, 15) is 13.5 Å². The molecule has 0 aliphatic carbocycles. The molecule has 0 fully saturated rings. The minimum absolute atomic E-state index is 0.0146. The van der Waals surface area contributed by atoms with E-state index >= 15 is 0 Å². The van der Waals surface area contributed by atoms with E-state index in [1.54, 1.807) is 20.8 Å². The number of aliphatic hydroxyl groups excluding tert-OH is 1. The third-order valence-corrected chi connectivity index (χ3v) is 3.35. The second-order valence-electron chi connectivity index (χ2n) is 4.52. The average Bonchev–Trinajstić information content (AvgIpc) is 1.96. The van der Waals surface area contributed by atoms with Crippen LogP contribution in [0.15, 0.2) is 0 Å². The van der Waals surface area contributed by atoms with Crippen LogP contribution in [0.1, 0.15) is 40.5 Å². The molecule has 0 aromatic heterocycles. The molecule has 14 heavy (non-hydrogen) atoms. The maximum atomic E-state index is 11.4. The minimum Gasteiger partial charge on any atom is -0.393 e. The molecule has 0 saturated heterocycles. The molecule has 86 valence electrons. The molecule has 0 aliphatic heterocycles. The standard InChI is InChI=1S/C9H21NO3S/c1-5-8(11)6-7-14(12,13)10-9(2,3)4/h8,10-11H,5-7H2,1-4H3. The van der Waals surface area contributed by atoms with Crippen molar-refractivity contribution in [2.45, 2.75) is 52.2 Å². The van der Waals surface area contributed by atoms with Gasteiger partial charge in [-0.3, -0.25) is 0 Å². The molecule has 0 aromatic rings. The third-order valence-electron chi connectivity index (χ3n) is 1.65. The second-order valence-corrected chi connectivity index (χ2v) is 6.36. The van der Waals surface area contributed by atoms with Crippen LogP contribution in [0.25, 0.3) is 0 Å². The zero-order valence-electron chi connectivity index (χ0n) is 9.37. The Labute approximate surface area is 86.8 Å². The molecular formula is C9H21NO3S. The van der Waals surface area contributed by atoms with Gasteiger partial charge in [0.1, 0.15) is 0 Å². The third kappa shape index (κ3) is 7.29. The number of aliphatic hydroxyl groups is 1.